The third-order valence-corrected chi connectivity index (χ3v) is 2.73. The molecule has 2 atom stereocenters. The van der Waals surface area contributed by atoms with E-state index < -0.39 is 35.8 Å². The van der Waals surface area contributed by atoms with Crippen LogP contribution in [0.4, 0.5) is 0 Å². The first-order chi connectivity index (χ1) is 10.7. The summed E-state index contributed by atoms with van der Waals surface area (Å²) < 4.78 is 4.31. The van der Waals surface area contributed by atoms with E-state index in [1.807, 2.05) is 13.8 Å². The van der Waals surface area contributed by atoms with Crippen LogP contribution >= 0.6 is 0 Å². The van der Waals surface area contributed by atoms with Crippen LogP contribution in [-0.4, -0.2) is 54.6 Å². The Labute approximate surface area is 134 Å². The predicted octanol–water partition coefficient (Wildman–Crippen LogP) is -1.23. The predicted molar refractivity (Wildman–Crippen MR) is 81.2 cm³/mol. The highest BCUT2D eigenvalue weighted by Gasteiger charge is 2.24. The molecule has 0 bridgehead atoms. The first-order valence-electron chi connectivity index (χ1n) is 7.00. The van der Waals surface area contributed by atoms with E-state index in [2.05, 4.69) is 15.4 Å². The van der Waals surface area contributed by atoms with E-state index >= 15 is 0 Å². The van der Waals surface area contributed by atoms with Gasteiger partial charge in [0.05, 0.1) is 7.11 Å². The lowest BCUT2D eigenvalue weighted by molar-refractivity contribution is -0.142. The quantitative estimate of drug-likeness (QED) is 0.306. The summed E-state index contributed by atoms with van der Waals surface area (Å²) in [6.45, 7) is 3.45. The van der Waals surface area contributed by atoms with E-state index in [0.717, 1.165) is 12.2 Å². The van der Waals surface area contributed by atoms with Gasteiger partial charge in [-0.05, 0) is 12.3 Å². The molecule has 0 fully saturated rings. The molecule has 0 aliphatic carbocycles. The summed E-state index contributed by atoms with van der Waals surface area (Å²) in [5.74, 6) is -3.08. The van der Waals surface area contributed by atoms with Gasteiger partial charge in [0.25, 0.3) is 0 Å². The van der Waals surface area contributed by atoms with Crippen molar-refractivity contribution >= 4 is 23.8 Å². The fraction of sp³-hybridized carbons (Fsp3) is 0.571. The number of rotatable bonds is 9. The normalized spacial score (nSPS) is 13.4. The maximum absolute atomic E-state index is 11.8. The van der Waals surface area contributed by atoms with Gasteiger partial charge in [-0.1, -0.05) is 13.8 Å². The zero-order valence-electron chi connectivity index (χ0n) is 13.4. The smallest absolute Gasteiger partial charge is 0.330 e. The largest absolute Gasteiger partial charge is 0.480 e. The third-order valence-electron chi connectivity index (χ3n) is 2.73. The number of esters is 1. The topological polar surface area (TPSA) is 148 Å². The average molecular weight is 329 g/mol. The number of amides is 2. The lowest BCUT2D eigenvalue weighted by Gasteiger charge is -2.19. The number of aliphatic carboxylic acids is 1. The Kier molecular flexibility index (Phi) is 9.24. The van der Waals surface area contributed by atoms with Crippen molar-refractivity contribution in [2.24, 2.45) is 11.7 Å². The molecule has 2 amide bonds. The van der Waals surface area contributed by atoms with Crippen LogP contribution in [-0.2, 0) is 23.9 Å². The molecule has 0 aromatic heterocycles. The Morgan fingerprint density at radius 1 is 1.22 bits per heavy atom. The Morgan fingerprint density at radius 2 is 1.83 bits per heavy atom. The van der Waals surface area contributed by atoms with Gasteiger partial charge in [-0.15, -0.1) is 0 Å². The Morgan fingerprint density at radius 3 is 2.30 bits per heavy atom. The molecular weight excluding hydrogens is 306 g/mol. The minimum absolute atomic E-state index is 0.0794. The lowest BCUT2D eigenvalue weighted by Crippen LogP contribution is -2.52. The van der Waals surface area contributed by atoms with Crippen LogP contribution in [0.25, 0.3) is 0 Å². The van der Waals surface area contributed by atoms with Gasteiger partial charge in [0.2, 0.25) is 11.8 Å². The van der Waals surface area contributed by atoms with Crippen molar-refractivity contribution < 1.29 is 29.0 Å². The van der Waals surface area contributed by atoms with Crippen molar-refractivity contribution in [2.45, 2.75) is 32.4 Å². The van der Waals surface area contributed by atoms with E-state index in [0.29, 0.717) is 0 Å². The van der Waals surface area contributed by atoms with Crippen LogP contribution in [0.3, 0.4) is 0 Å². The summed E-state index contributed by atoms with van der Waals surface area (Å²) in [5, 5.41) is 13.7. The fourth-order valence-electron chi connectivity index (χ4n) is 1.55. The molecule has 0 aliphatic heterocycles. The molecule has 9 nitrogen and oxygen atoms in total. The van der Waals surface area contributed by atoms with E-state index in [4.69, 9.17) is 10.8 Å². The number of carboxylic acid groups (broad SMARTS) is 1. The molecule has 0 rings (SSSR count). The minimum Gasteiger partial charge on any atom is -0.480 e. The molecule has 23 heavy (non-hydrogen) atoms. The SMILES string of the molecule is COC(=O)/C=C/C(=O)NCC(N)C(=O)N[C@@H](CC(C)C)C(=O)O. The van der Waals surface area contributed by atoms with Crippen LogP contribution in [0.1, 0.15) is 20.3 Å². The second kappa shape index (κ2) is 10.3. The highest BCUT2D eigenvalue weighted by molar-refractivity contribution is 5.95. The van der Waals surface area contributed by atoms with Crippen LogP contribution in [0.2, 0.25) is 0 Å². The molecule has 130 valence electrons. The van der Waals surface area contributed by atoms with Gasteiger partial charge in [-0.3, -0.25) is 9.59 Å². The van der Waals surface area contributed by atoms with Gasteiger partial charge in [-0.2, -0.15) is 0 Å². The van der Waals surface area contributed by atoms with Crippen molar-refractivity contribution in [1.82, 2.24) is 10.6 Å². The highest BCUT2D eigenvalue weighted by atomic mass is 16.5. The highest BCUT2D eigenvalue weighted by Crippen LogP contribution is 2.05. The first-order valence-corrected chi connectivity index (χ1v) is 7.00. The lowest BCUT2D eigenvalue weighted by atomic mass is 10.0. The summed E-state index contributed by atoms with van der Waals surface area (Å²) in [4.78, 5) is 45.1. The summed E-state index contributed by atoms with van der Waals surface area (Å²) in [5.41, 5.74) is 5.59. The number of carboxylic acids is 1. The monoisotopic (exact) mass is 329 g/mol. The van der Waals surface area contributed by atoms with E-state index in [9.17, 15) is 19.2 Å². The van der Waals surface area contributed by atoms with Crippen LogP contribution in [0, 0.1) is 5.92 Å². The Bertz CT molecular complexity index is 475. The third kappa shape index (κ3) is 9.25. The number of carbonyl (C=O) groups is 4. The van der Waals surface area contributed by atoms with Gasteiger partial charge in [-0.25, -0.2) is 9.59 Å². The van der Waals surface area contributed by atoms with Crippen LogP contribution < -0.4 is 16.4 Å². The molecule has 0 saturated carbocycles. The van der Waals surface area contributed by atoms with Gasteiger partial charge < -0.3 is 26.2 Å². The molecule has 0 radical (unpaired) electrons. The first kappa shape index (κ1) is 20.6. The molecule has 0 saturated heterocycles. The van der Waals surface area contributed by atoms with Crippen LogP contribution in [0.15, 0.2) is 12.2 Å². The summed E-state index contributed by atoms with van der Waals surface area (Å²) in [6, 6.07) is -2.15. The maximum Gasteiger partial charge on any atom is 0.330 e. The van der Waals surface area contributed by atoms with Crippen molar-refractivity contribution in [3.05, 3.63) is 12.2 Å². The maximum atomic E-state index is 11.8. The number of ether oxygens (including phenoxy) is 1. The number of nitrogens with two attached hydrogens (primary N) is 1. The number of methoxy groups -OCH3 is 1. The molecule has 0 aromatic carbocycles. The van der Waals surface area contributed by atoms with E-state index in [1.54, 1.807) is 0 Å². The summed E-state index contributed by atoms with van der Waals surface area (Å²) in [6.07, 6.45) is 2.13. The molecular formula is C14H23N3O6. The molecule has 0 aromatic rings. The second-order valence-electron chi connectivity index (χ2n) is 5.24. The minimum atomic E-state index is -1.15. The number of carbonyl (C=O) groups excluding carboxylic acids is 3. The van der Waals surface area contributed by atoms with E-state index in [-0.39, 0.29) is 18.9 Å². The zero-order valence-corrected chi connectivity index (χ0v) is 13.4. The Hall–Kier alpha value is -2.42. The van der Waals surface area contributed by atoms with Crippen molar-refractivity contribution in [3.8, 4) is 0 Å². The average Bonchev–Trinajstić information content (AvgIpc) is 2.48. The summed E-state index contributed by atoms with van der Waals surface area (Å²) in [7, 11) is 1.17. The number of hydrogen-bond donors (Lipinski definition) is 4. The standard InChI is InChI=1S/C14H23N3O6/c1-8(2)6-10(14(21)22)17-13(20)9(15)7-16-11(18)4-5-12(19)23-3/h4-5,8-10H,6-7,15H2,1-3H3,(H,16,18)(H,17,20)(H,21,22)/b5-4+/t9?,10-/m0/s1. The van der Waals surface area contributed by atoms with E-state index in [1.165, 1.54) is 7.11 Å². The number of nitrogens with one attached hydrogen (secondary N) is 2. The summed E-state index contributed by atoms with van der Waals surface area (Å²) >= 11 is 0. The zero-order chi connectivity index (χ0) is 18.0. The van der Waals surface area contributed by atoms with Crippen molar-refractivity contribution in [3.63, 3.8) is 0 Å². The van der Waals surface area contributed by atoms with Gasteiger partial charge in [0, 0.05) is 18.7 Å². The molecule has 5 N–H and O–H groups in total. The molecule has 9 heteroatoms. The molecule has 0 spiro atoms. The van der Waals surface area contributed by atoms with Crippen molar-refractivity contribution in [1.29, 1.82) is 0 Å². The fourth-order valence-corrected chi connectivity index (χ4v) is 1.55. The van der Waals surface area contributed by atoms with Gasteiger partial charge in [0.1, 0.15) is 12.1 Å². The van der Waals surface area contributed by atoms with Gasteiger partial charge >= 0.3 is 11.9 Å². The number of hydrogen-bond acceptors (Lipinski definition) is 6. The Balaban J connectivity index is 4.38. The van der Waals surface area contributed by atoms with Crippen molar-refractivity contribution in [2.75, 3.05) is 13.7 Å². The van der Waals surface area contributed by atoms with Crippen LogP contribution in [0.5, 0.6) is 0 Å². The second-order valence-corrected chi connectivity index (χ2v) is 5.24. The molecule has 0 aliphatic rings. The van der Waals surface area contributed by atoms with Gasteiger partial charge in [0.15, 0.2) is 0 Å². The molecule has 1 unspecified atom stereocenters. The molecule has 0 heterocycles.